The Labute approximate surface area is 115 Å². The summed E-state index contributed by atoms with van der Waals surface area (Å²) in [4.78, 5) is 12.0. The van der Waals surface area contributed by atoms with Crippen LogP contribution in [0.5, 0.6) is 5.75 Å². The summed E-state index contributed by atoms with van der Waals surface area (Å²) in [6, 6.07) is 4.99. The highest BCUT2D eigenvalue weighted by atomic mass is 127. The Balaban J connectivity index is 2.11. The number of benzene rings is 1. The van der Waals surface area contributed by atoms with Gasteiger partial charge in [0.1, 0.15) is 5.75 Å². The molecule has 2 N–H and O–H groups in total. The van der Waals surface area contributed by atoms with Crippen molar-refractivity contribution in [1.82, 2.24) is 5.32 Å². The second-order valence-electron chi connectivity index (χ2n) is 5.12. The van der Waals surface area contributed by atoms with E-state index in [0.717, 1.165) is 3.57 Å². The first-order valence-corrected chi connectivity index (χ1v) is 6.79. The molecule has 4 heteroatoms. The summed E-state index contributed by atoms with van der Waals surface area (Å²) in [7, 11) is 0. The molecule has 1 aromatic carbocycles. The molecule has 0 radical (unpaired) electrons. The van der Waals surface area contributed by atoms with Gasteiger partial charge in [0.2, 0.25) is 0 Å². The van der Waals surface area contributed by atoms with E-state index in [-0.39, 0.29) is 17.2 Å². The van der Waals surface area contributed by atoms with Crippen molar-refractivity contribution in [2.24, 2.45) is 5.92 Å². The normalized spacial score (nSPS) is 15.7. The lowest BCUT2D eigenvalue weighted by Gasteiger charge is -2.26. The highest BCUT2D eigenvalue weighted by Gasteiger charge is 2.38. The predicted molar refractivity (Wildman–Crippen MR) is 75.1 cm³/mol. The predicted octanol–water partition coefficient (Wildman–Crippen LogP) is 2.92. The fourth-order valence-corrected chi connectivity index (χ4v) is 2.26. The zero-order valence-electron chi connectivity index (χ0n) is 9.96. The number of carbonyl (C=O) groups excluding carboxylic acids is 1. The summed E-state index contributed by atoms with van der Waals surface area (Å²) in [6.07, 6.45) is 2.37. The van der Waals surface area contributed by atoms with Crippen molar-refractivity contribution in [3.05, 3.63) is 27.3 Å². The molecule has 1 fully saturated rings. The van der Waals surface area contributed by atoms with Gasteiger partial charge in [-0.2, -0.15) is 0 Å². The standard InChI is InChI=1S/C13H16INO2/c1-13(2,9-4-5-9)15-12(17)8-3-6-10(14)11(16)7-8/h3,6-7,9,16H,4-5H2,1-2H3,(H,15,17). The summed E-state index contributed by atoms with van der Waals surface area (Å²) in [5, 5.41) is 12.6. The average molecular weight is 345 g/mol. The van der Waals surface area contributed by atoms with Crippen molar-refractivity contribution in [3.63, 3.8) is 0 Å². The van der Waals surface area contributed by atoms with Gasteiger partial charge < -0.3 is 10.4 Å². The van der Waals surface area contributed by atoms with Crippen LogP contribution < -0.4 is 5.32 Å². The highest BCUT2D eigenvalue weighted by molar-refractivity contribution is 14.1. The van der Waals surface area contributed by atoms with Crippen LogP contribution in [0.2, 0.25) is 0 Å². The lowest BCUT2D eigenvalue weighted by atomic mass is 9.98. The number of nitrogens with one attached hydrogen (secondary N) is 1. The molecular formula is C13H16INO2. The summed E-state index contributed by atoms with van der Waals surface area (Å²) in [5.74, 6) is 0.625. The first kappa shape index (κ1) is 12.7. The maximum absolute atomic E-state index is 12.0. The van der Waals surface area contributed by atoms with Gasteiger partial charge in [-0.05, 0) is 73.4 Å². The molecule has 0 aromatic heterocycles. The van der Waals surface area contributed by atoms with Crippen LogP contribution in [0.1, 0.15) is 37.0 Å². The van der Waals surface area contributed by atoms with Crippen molar-refractivity contribution < 1.29 is 9.90 Å². The van der Waals surface area contributed by atoms with Gasteiger partial charge in [-0.15, -0.1) is 0 Å². The quantitative estimate of drug-likeness (QED) is 0.828. The first-order valence-electron chi connectivity index (χ1n) is 5.71. The van der Waals surface area contributed by atoms with Crippen LogP contribution in [0, 0.1) is 9.49 Å². The molecule has 92 valence electrons. The molecule has 0 aliphatic heterocycles. The minimum atomic E-state index is -0.157. The third-order valence-electron chi connectivity index (χ3n) is 3.24. The number of phenols is 1. The third kappa shape index (κ3) is 2.91. The number of rotatable bonds is 3. The van der Waals surface area contributed by atoms with Crippen LogP contribution in [0.15, 0.2) is 18.2 Å². The lowest BCUT2D eigenvalue weighted by molar-refractivity contribution is 0.0903. The zero-order valence-corrected chi connectivity index (χ0v) is 12.1. The minimum absolute atomic E-state index is 0.117. The molecule has 0 spiro atoms. The van der Waals surface area contributed by atoms with Crippen molar-refractivity contribution in [1.29, 1.82) is 0 Å². The van der Waals surface area contributed by atoms with Gasteiger partial charge in [-0.3, -0.25) is 4.79 Å². The second kappa shape index (κ2) is 4.48. The number of hydrogen-bond acceptors (Lipinski definition) is 2. The summed E-state index contributed by atoms with van der Waals surface area (Å²) in [6.45, 7) is 4.10. The largest absolute Gasteiger partial charge is 0.507 e. The van der Waals surface area contributed by atoms with E-state index in [0.29, 0.717) is 11.5 Å². The molecule has 0 heterocycles. The van der Waals surface area contributed by atoms with E-state index in [2.05, 4.69) is 19.2 Å². The van der Waals surface area contributed by atoms with E-state index in [4.69, 9.17) is 0 Å². The van der Waals surface area contributed by atoms with Gasteiger partial charge in [0.25, 0.3) is 5.91 Å². The fraction of sp³-hybridized carbons (Fsp3) is 0.462. The van der Waals surface area contributed by atoms with Crippen LogP contribution in [0.25, 0.3) is 0 Å². The van der Waals surface area contributed by atoms with Crippen molar-refractivity contribution in [2.45, 2.75) is 32.2 Å². The van der Waals surface area contributed by atoms with E-state index in [1.54, 1.807) is 12.1 Å². The topological polar surface area (TPSA) is 49.3 Å². The fourth-order valence-electron chi connectivity index (χ4n) is 1.93. The molecule has 1 aromatic rings. The van der Waals surface area contributed by atoms with Gasteiger partial charge in [0.15, 0.2) is 0 Å². The van der Waals surface area contributed by atoms with E-state index in [1.807, 2.05) is 22.6 Å². The Morgan fingerprint density at radius 3 is 2.65 bits per heavy atom. The third-order valence-corrected chi connectivity index (χ3v) is 4.15. The minimum Gasteiger partial charge on any atom is -0.507 e. The summed E-state index contributed by atoms with van der Waals surface area (Å²) >= 11 is 2.03. The first-order chi connectivity index (χ1) is 7.90. The van der Waals surface area contributed by atoms with Crippen LogP contribution >= 0.6 is 22.6 Å². The van der Waals surface area contributed by atoms with Gasteiger partial charge in [-0.25, -0.2) is 0 Å². The van der Waals surface area contributed by atoms with E-state index >= 15 is 0 Å². The number of amides is 1. The Bertz CT molecular complexity index is 453. The number of hydrogen-bond donors (Lipinski definition) is 2. The van der Waals surface area contributed by atoms with Crippen molar-refractivity contribution in [2.75, 3.05) is 0 Å². The Kier molecular flexibility index (Phi) is 3.34. The van der Waals surface area contributed by atoms with Crippen LogP contribution in [0.3, 0.4) is 0 Å². The summed E-state index contributed by atoms with van der Waals surface area (Å²) in [5.41, 5.74) is 0.354. The molecule has 0 atom stereocenters. The van der Waals surface area contributed by atoms with Gasteiger partial charge >= 0.3 is 0 Å². The molecule has 1 saturated carbocycles. The number of carbonyl (C=O) groups is 1. The Morgan fingerprint density at radius 1 is 1.47 bits per heavy atom. The van der Waals surface area contributed by atoms with Crippen LogP contribution in [-0.4, -0.2) is 16.6 Å². The molecule has 17 heavy (non-hydrogen) atoms. The maximum Gasteiger partial charge on any atom is 0.251 e. The molecule has 3 nitrogen and oxygen atoms in total. The number of phenolic OH excluding ortho intramolecular Hbond substituents is 1. The summed E-state index contributed by atoms with van der Waals surface area (Å²) < 4.78 is 0.751. The Morgan fingerprint density at radius 2 is 2.12 bits per heavy atom. The second-order valence-corrected chi connectivity index (χ2v) is 6.28. The maximum atomic E-state index is 12.0. The molecule has 1 aliphatic rings. The SMILES string of the molecule is CC(C)(NC(=O)c1ccc(I)c(O)c1)C1CC1. The van der Waals surface area contributed by atoms with Gasteiger partial charge in [0.05, 0.1) is 3.57 Å². The lowest BCUT2D eigenvalue weighted by Crippen LogP contribution is -2.45. The number of halogens is 1. The van der Waals surface area contributed by atoms with E-state index in [1.165, 1.54) is 18.9 Å². The zero-order chi connectivity index (χ0) is 12.6. The molecule has 1 aliphatic carbocycles. The van der Waals surface area contributed by atoms with Gasteiger partial charge in [0, 0.05) is 11.1 Å². The van der Waals surface area contributed by atoms with Crippen molar-refractivity contribution >= 4 is 28.5 Å². The van der Waals surface area contributed by atoms with E-state index < -0.39 is 0 Å². The molecule has 1 amide bonds. The monoisotopic (exact) mass is 345 g/mol. The average Bonchev–Trinajstić information content (AvgIpc) is 3.04. The highest BCUT2D eigenvalue weighted by Crippen LogP contribution is 2.39. The molecule has 0 bridgehead atoms. The van der Waals surface area contributed by atoms with Crippen LogP contribution in [0.4, 0.5) is 0 Å². The molecule has 2 rings (SSSR count). The molecular weight excluding hydrogens is 329 g/mol. The molecule has 0 saturated heterocycles. The van der Waals surface area contributed by atoms with E-state index in [9.17, 15) is 9.90 Å². The van der Waals surface area contributed by atoms with Gasteiger partial charge in [-0.1, -0.05) is 0 Å². The van der Waals surface area contributed by atoms with Crippen molar-refractivity contribution in [3.8, 4) is 5.75 Å². The number of aromatic hydroxyl groups is 1. The van der Waals surface area contributed by atoms with Crippen LogP contribution in [-0.2, 0) is 0 Å². The smallest absolute Gasteiger partial charge is 0.251 e. The Hall–Kier alpha value is -0.780. The molecule has 0 unspecified atom stereocenters.